The zero-order valence-electron chi connectivity index (χ0n) is 18.5. The van der Waals surface area contributed by atoms with Crippen molar-refractivity contribution >= 4 is 17.5 Å². The van der Waals surface area contributed by atoms with E-state index in [0.717, 1.165) is 42.9 Å². The molecule has 1 saturated heterocycles. The van der Waals surface area contributed by atoms with Crippen LogP contribution in [0.3, 0.4) is 0 Å². The molecule has 0 aliphatic carbocycles. The second-order valence-electron chi connectivity index (χ2n) is 8.23. The van der Waals surface area contributed by atoms with Gasteiger partial charge in [-0.2, -0.15) is 0 Å². The Kier molecular flexibility index (Phi) is 8.33. The molecular formula is C25H33N3O3. The Hall–Kier alpha value is -3.02. The molecule has 31 heavy (non-hydrogen) atoms. The number of nitrogens with zero attached hydrogens (tertiary/aromatic N) is 1. The zero-order valence-corrected chi connectivity index (χ0v) is 18.5. The maximum Gasteiger partial charge on any atom is 0.253 e. The lowest BCUT2D eigenvalue weighted by Crippen LogP contribution is -2.32. The van der Waals surface area contributed by atoms with Crippen LogP contribution in [-0.2, 0) is 11.3 Å². The number of carbonyl (C=O) groups is 2. The van der Waals surface area contributed by atoms with Crippen molar-refractivity contribution in [2.75, 3.05) is 25.0 Å². The first-order chi connectivity index (χ1) is 15.0. The average Bonchev–Trinajstić information content (AvgIpc) is 3.06. The molecule has 2 N–H and O–H groups in total. The quantitative estimate of drug-likeness (QED) is 0.667. The molecule has 1 aliphatic heterocycles. The van der Waals surface area contributed by atoms with Gasteiger partial charge in [0.25, 0.3) is 5.91 Å². The Bertz CT molecular complexity index is 857. The number of benzene rings is 2. The van der Waals surface area contributed by atoms with E-state index in [-0.39, 0.29) is 24.5 Å². The van der Waals surface area contributed by atoms with Crippen LogP contribution in [-0.4, -0.2) is 42.5 Å². The maximum absolute atomic E-state index is 12.8. The topological polar surface area (TPSA) is 70.7 Å². The number of anilines is 1. The minimum Gasteiger partial charge on any atom is -0.491 e. The third-order valence-corrected chi connectivity index (χ3v) is 5.24. The molecule has 2 aromatic carbocycles. The highest BCUT2D eigenvalue weighted by Gasteiger charge is 2.17. The van der Waals surface area contributed by atoms with E-state index >= 15 is 0 Å². The van der Waals surface area contributed by atoms with Gasteiger partial charge in [0.2, 0.25) is 5.91 Å². The molecule has 1 aliphatic rings. The van der Waals surface area contributed by atoms with E-state index in [1.807, 2.05) is 67.3 Å². The van der Waals surface area contributed by atoms with Gasteiger partial charge in [-0.3, -0.25) is 9.59 Å². The summed E-state index contributed by atoms with van der Waals surface area (Å²) in [6.07, 6.45) is 4.65. The molecule has 3 rings (SSSR count). The van der Waals surface area contributed by atoms with Crippen LogP contribution in [0.2, 0.25) is 0 Å². The Morgan fingerprint density at radius 3 is 2.39 bits per heavy atom. The summed E-state index contributed by atoms with van der Waals surface area (Å²) < 4.78 is 5.63. The number of ether oxygens (including phenoxy) is 1. The molecule has 1 fully saturated rings. The van der Waals surface area contributed by atoms with Gasteiger partial charge < -0.3 is 20.3 Å². The van der Waals surface area contributed by atoms with Gasteiger partial charge in [-0.1, -0.05) is 31.0 Å². The van der Waals surface area contributed by atoms with Crippen molar-refractivity contribution in [3.05, 3.63) is 59.7 Å². The predicted molar refractivity (Wildman–Crippen MR) is 123 cm³/mol. The van der Waals surface area contributed by atoms with Gasteiger partial charge in [0.1, 0.15) is 5.75 Å². The van der Waals surface area contributed by atoms with Gasteiger partial charge in [0.05, 0.1) is 12.6 Å². The Labute approximate surface area is 185 Å². The van der Waals surface area contributed by atoms with Crippen molar-refractivity contribution in [1.82, 2.24) is 10.2 Å². The molecule has 6 nitrogen and oxygen atoms in total. The van der Waals surface area contributed by atoms with Crippen molar-refractivity contribution in [3.63, 3.8) is 0 Å². The number of nitrogens with one attached hydrogen (secondary N) is 2. The molecule has 2 amide bonds. The largest absolute Gasteiger partial charge is 0.491 e. The smallest absolute Gasteiger partial charge is 0.253 e. The van der Waals surface area contributed by atoms with Gasteiger partial charge in [0, 0.05) is 30.9 Å². The lowest BCUT2D eigenvalue weighted by molar-refractivity contribution is -0.119. The van der Waals surface area contributed by atoms with Crippen LogP contribution in [0.4, 0.5) is 5.69 Å². The third-order valence-electron chi connectivity index (χ3n) is 5.24. The summed E-state index contributed by atoms with van der Waals surface area (Å²) in [7, 11) is 0. The van der Waals surface area contributed by atoms with Gasteiger partial charge in [0.15, 0.2) is 0 Å². The average molecular weight is 424 g/mol. The standard InChI is InChI=1S/C25H33N3O3/c1-19(2)31-23-12-10-20(11-13-23)17-27-24(29)18-26-22-9-7-8-21(16-22)25(30)28-14-5-3-4-6-15-28/h7-13,16,19,26H,3-6,14-15,17-18H2,1-2H3,(H,27,29). The van der Waals surface area contributed by atoms with Gasteiger partial charge in [-0.25, -0.2) is 0 Å². The molecule has 0 saturated carbocycles. The molecule has 166 valence electrons. The van der Waals surface area contributed by atoms with Crippen molar-refractivity contribution in [1.29, 1.82) is 0 Å². The van der Waals surface area contributed by atoms with Crippen LogP contribution in [0.1, 0.15) is 55.5 Å². The SMILES string of the molecule is CC(C)Oc1ccc(CNC(=O)CNc2cccc(C(=O)N3CCCCCC3)c2)cc1. The van der Waals surface area contributed by atoms with Crippen LogP contribution in [0.25, 0.3) is 0 Å². The molecule has 0 radical (unpaired) electrons. The highest BCUT2D eigenvalue weighted by Crippen LogP contribution is 2.17. The minimum atomic E-state index is -0.105. The Morgan fingerprint density at radius 2 is 1.71 bits per heavy atom. The first-order valence-corrected chi connectivity index (χ1v) is 11.2. The maximum atomic E-state index is 12.8. The van der Waals surface area contributed by atoms with E-state index in [9.17, 15) is 9.59 Å². The highest BCUT2D eigenvalue weighted by molar-refractivity contribution is 5.95. The normalized spacial score (nSPS) is 14.1. The number of carbonyl (C=O) groups excluding carboxylic acids is 2. The van der Waals surface area contributed by atoms with E-state index < -0.39 is 0 Å². The number of likely N-dealkylation sites (tertiary alicyclic amines) is 1. The lowest BCUT2D eigenvalue weighted by atomic mass is 10.1. The number of amides is 2. The monoisotopic (exact) mass is 423 g/mol. The summed E-state index contributed by atoms with van der Waals surface area (Å²) in [4.78, 5) is 27.0. The Balaban J connectivity index is 1.46. The van der Waals surface area contributed by atoms with Crippen LogP contribution in [0.15, 0.2) is 48.5 Å². The predicted octanol–water partition coefficient (Wildman–Crippen LogP) is 4.22. The van der Waals surface area contributed by atoms with Crippen molar-refractivity contribution in [3.8, 4) is 5.75 Å². The highest BCUT2D eigenvalue weighted by atomic mass is 16.5. The molecule has 0 spiro atoms. The van der Waals surface area contributed by atoms with Crippen LogP contribution < -0.4 is 15.4 Å². The molecule has 0 atom stereocenters. The van der Waals surface area contributed by atoms with E-state index in [2.05, 4.69) is 10.6 Å². The minimum absolute atomic E-state index is 0.0693. The van der Waals surface area contributed by atoms with Gasteiger partial charge >= 0.3 is 0 Å². The van der Waals surface area contributed by atoms with E-state index in [4.69, 9.17) is 4.74 Å². The van der Waals surface area contributed by atoms with Gasteiger partial charge in [-0.05, 0) is 62.6 Å². The van der Waals surface area contributed by atoms with Crippen molar-refractivity contribution in [2.45, 2.75) is 52.2 Å². The van der Waals surface area contributed by atoms with Crippen LogP contribution in [0, 0.1) is 0 Å². The van der Waals surface area contributed by atoms with E-state index in [1.165, 1.54) is 12.8 Å². The molecule has 6 heteroatoms. The summed E-state index contributed by atoms with van der Waals surface area (Å²) in [6, 6.07) is 15.1. The molecule has 1 heterocycles. The number of hydrogen-bond donors (Lipinski definition) is 2. The fourth-order valence-corrected chi connectivity index (χ4v) is 3.62. The zero-order chi connectivity index (χ0) is 22.1. The number of hydrogen-bond acceptors (Lipinski definition) is 4. The molecule has 2 aromatic rings. The summed E-state index contributed by atoms with van der Waals surface area (Å²) in [5.41, 5.74) is 2.44. The Morgan fingerprint density at radius 1 is 1.00 bits per heavy atom. The molecule has 0 aromatic heterocycles. The third kappa shape index (κ3) is 7.31. The summed E-state index contributed by atoms with van der Waals surface area (Å²) >= 11 is 0. The second kappa shape index (κ2) is 11.4. The van der Waals surface area contributed by atoms with Crippen molar-refractivity contribution in [2.24, 2.45) is 0 Å². The van der Waals surface area contributed by atoms with E-state index in [0.29, 0.717) is 12.1 Å². The number of rotatable bonds is 8. The fraction of sp³-hybridized carbons (Fsp3) is 0.440. The summed E-state index contributed by atoms with van der Waals surface area (Å²) in [6.45, 7) is 6.22. The summed E-state index contributed by atoms with van der Waals surface area (Å²) in [5.74, 6) is 0.785. The summed E-state index contributed by atoms with van der Waals surface area (Å²) in [5, 5.41) is 6.03. The first-order valence-electron chi connectivity index (χ1n) is 11.2. The van der Waals surface area contributed by atoms with Gasteiger partial charge in [-0.15, -0.1) is 0 Å². The van der Waals surface area contributed by atoms with Crippen LogP contribution >= 0.6 is 0 Å². The van der Waals surface area contributed by atoms with Crippen molar-refractivity contribution < 1.29 is 14.3 Å². The lowest BCUT2D eigenvalue weighted by Gasteiger charge is -2.20. The first kappa shape index (κ1) is 22.7. The molecule has 0 unspecified atom stereocenters. The fourth-order valence-electron chi connectivity index (χ4n) is 3.62. The molecule has 0 bridgehead atoms. The van der Waals surface area contributed by atoms with E-state index in [1.54, 1.807) is 0 Å². The van der Waals surface area contributed by atoms with Crippen LogP contribution in [0.5, 0.6) is 5.75 Å². The molecular weight excluding hydrogens is 390 g/mol. The second-order valence-corrected chi connectivity index (χ2v) is 8.23.